The highest BCUT2D eigenvalue weighted by atomic mass is 16.5. The van der Waals surface area contributed by atoms with E-state index in [1.54, 1.807) is 7.11 Å². The van der Waals surface area contributed by atoms with Crippen molar-refractivity contribution in [2.75, 3.05) is 20.3 Å². The molecule has 0 atom stereocenters. The smallest absolute Gasteiger partial charge is 0.161 e. The van der Waals surface area contributed by atoms with Gasteiger partial charge in [0, 0.05) is 29.1 Å². The molecule has 0 aliphatic carbocycles. The zero-order valence-electron chi connectivity index (χ0n) is 14.3. The molecule has 24 heavy (non-hydrogen) atoms. The Morgan fingerprint density at radius 3 is 2.79 bits per heavy atom. The van der Waals surface area contributed by atoms with E-state index in [1.807, 2.05) is 13.0 Å². The number of hydrogen-bond donors (Lipinski definition) is 2. The highest BCUT2D eigenvalue weighted by Crippen LogP contribution is 2.27. The predicted molar refractivity (Wildman–Crippen MR) is 96.7 cm³/mol. The lowest BCUT2D eigenvalue weighted by molar-refractivity contribution is -0.670. The van der Waals surface area contributed by atoms with Crippen LogP contribution in [0.25, 0.3) is 10.9 Å². The molecule has 0 fully saturated rings. The van der Waals surface area contributed by atoms with E-state index in [-0.39, 0.29) is 0 Å². The van der Waals surface area contributed by atoms with Gasteiger partial charge in [0.1, 0.15) is 6.54 Å². The molecule has 0 saturated heterocycles. The van der Waals surface area contributed by atoms with E-state index >= 15 is 0 Å². The van der Waals surface area contributed by atoms with Gasteiger partial charge in [-0.05, 0) is 36.8 Å². The van der Waals surface area contributed by atoms with Crippen molar-refractivity contribution in [2.45, 2.75) is 19.9 Å². The van der Waals surface area contributed by atoms with Gasteiger partial charge in [0.15, 0.2) is 11.5 Å². The number of nitrogens with one attached hydrogen (secondary N) is 1. The van der Waals surface area contributed by atoms with E-state index in [1.165, 1.54) is 22.0 Å². The molecule has 1 aromatic heterocycles. The molecule has 3 rings (SSSR count). The van der Waals surface area contributed by atoms with Gasteiger partial charge >= 0.3 is 0 Å². The standard InChI is InChI=1S/C20H24N2O2/c1-3-24-20-12-15(8-9-19(20)23-2)13-21-11-10-16-14-22-18-7-5-4-6-17(16)18/h4-9,12,14,21-22H,3,10-11,13H2,1-2H3/p+1. The average Bonchev–Trinajstić information content (AvgIpc) is 3.02. The first kappa shape index (κ1) is 16.4. The molecular weight excluding hydrogens is 300 g/mol. The molecule has 0 amide bonds. The molecule has 2 aromatic carbocycles. The number of rotatable bonds is 8. The fourth-order valence-corrected chi connectivity index (χ4v) is 2.98. The molecule has 0 radical (unpaired) electrons. The Labute approximate surface area is 142 Å². The van der Waals surface area contributed by atoms with Crippen LogP contribution in [0.15, 0.2) is 48.7 Å². The minimum absolute atomic E-state index is 0.643. The van der Waals surface area contributed by atoms with Crippen molar-refractivity contribution in [3.63, 3.8) is 0 Å². The normalized spacial score (nSPS) is 10.9. The monoisotopic (exact) mass is 325 g/mol. The summed E-state index contributed by atoms with van der Waals surface area (Å²) in [6, 6.07) is 14.6. The number of benzene rings is 2. The van der Waals surface area contributed by atoms with E-state index in [2.05, 4.69) is 52.9 Å². The van der Waals surface area contributed by atoms with E-state index < -0.39 is 0 Å². The molecule has 1 heterocycles. The topological polar surface area (TPSA) is 50.9 Å². The largest absolute Gasteiger partial charge is 0.493 e. The third-order valence-electron chi connectivity index (χ3n) is 4.20. The van der Waals surface area contributed by atoms with Crippen molar-refractivity contribution in [1.82, 2.24) is 4.98 Å². The molecule has 0 aliphatic rings. The second kappa shape index (κ2) is 7.88. The summed E-state index contributed by atoms with van der Waals surface area (Å²) in [5.41, 5.74) is 3.84. The van der Waals surface area contributed by atoms with Gasteiger partial charge < -0.3 is 19.8 Å². The number of para-hydroxylation sites is 1. The lowest BCUT2D eigenvalue weighted by Gasteiger charge is -2.10. The van der Waals surface area contributed by atoms with Gasteiger partial charge in [0.2, 0.25) is 0 Å². The Morgan fingerprint density at radius 2 is 1.96 bits per heavy atom. The SMILES string of the molecule is CCOc1cc(C[NH2+]CCc2c[nH]c3ccccc23)ccc1OC. The minimum Gasteiger partial charge on any atom is -0.493 e. The second-order valence-electron chi connectivity index (χ2n) is 5.81. The van der Waals surface area contributed by atoms with Crippen LogP contribution in [0.5, 0.6) is 11.5 Å². The molecule has 0 saturated carbocycles. The first-order chi connectivity index (χ1) is 11.8. The minimum atomic E-state index is 0.643. The van der Waals surface area contributed by atoms with Gasteiger partial charge in [0.05, 0.1) is 20.3 Å². The van der Waals surface area contributed by atoms with Crippen LogP contribution in [0.3, 0.4) is 0 Å². The predicted octanol–water partition coefficient (Wildman–Crippen LogP) is 2.88. The van der Waals surface area contributed by atoms with Crippen LogP contribution in [0.4, 0.5) is 0 Å². The number of quaternary nitrogens is 1. The van der Waals surface area contributed by atoms with Crippen LogP contribution in [0.2, 0.25) is 0 Å². The number of hydrogen-bond acceptors (Lipinski definition) is 2. The molecule has 4 nitrogen and oxygen atoms in total. The summed E-state index contributed by atoms with van der Waals surface area (Å²) in [6.07, 6.45) is 3.18. The summed E-state index contributed by atoms with van der Waals surface area (Å²) in [5, 5.41) is 3.66. The maximum absolute atomic E-state index is 5.64. The number of fused-ring (bicyclic) bond motifs is 1. The van der Waals surface area contributed by atoms with Crippen LogP contribution in [0, 0.1) is 0 Å². The van der Waals surface area contributed by atoms with Crippen LogP contribution in [-0.2, 0) is 13.0 Å². The van der Waals surface area contributed by atoms with E-state index in [0.717, 1.165) is 31.0 Å². The number of H-pyrrole nitrogens is 1. The summed E-state index contributed by atoms with van der Waals surface area (Å²) in [4.78, 5) is 3.34. The van der Waals surface area contributed by atoms with Crippen molar-refractivity contribution in [1.29, 1.82) is 0 Å². The van der Waals surface area contributed by atoms with Crippen LogP contribution < -0.4 is 14.8 Å². The number of ether oxygens (including phenoxy) is 2. The van der Waals surface area contributed by atoms with Crippen LogP contribution in [-0.4, -0.2) is 25.2 Å². The summed E-state index contributed by atoms with van der Waals surface area (Å²) in [5.74, 6) is 1.61. The van der Waals surface area contributed by atoms with Gasteiger partial charge in [-0.25, -0.2) is 0 Å². The van der Waals surface area contributed by atoms with Gasteiger partial charge in [-0.3, -0.25) is 0 Å². The van der Waals surface area contributed by atoms with Crippen LogP contribution >= 0.6 is 0 Å². The van der Waals surface area contributed by atoms with Crippen molar-refractivity contribution >= 4 is 10.9 Å². The number of aromatic nitrogens is 1. The molecule has 3 N–H and O–H groups in total. The highest BCUT2D eigenvalue weighted by Gasteiger charge is 2.07. The van der Waals surface area contributed by atoms with Gasteiger partial charge in [-0.1, -0.05) is 18.2 Å². The zero-order valence-corrected chi connectivity index (χ0v) is 14.3. The second-order valence-corrected chi connectivity index (χ2v) is 5.81. The third kappa shape index (κ3) is 3.71. The Balaban J connectivity index is 1.55. The van der Waals surface area contributed by atoms with Crippen molar-refractivity contribution in [2.24, 2.45) is 0 Å². The van der Waals surface area contributed by atoms with Crippen LogP contribution in [0.1, 0.15) is 18.1 Å². The first-order valence-corrected chi connectivity index (χ1v) is 8.48. The Kier molecular flexibility index (Phi) is 5.39. The molecule has 4 heteroatoms. The average molecular weight is 325 g/mol. The molecule has 0 aliphatic heterocycles. The zero-order chi connectivity index (χ0) is 16.8. The molecule has 3 aromatic rings. The van der Waals surface area contributed by atoms with Gasteiger partial charge in [-0.2, -0.15) is 0 Å². The molecule has 126 valence electrons. The summed E-state index contributed by atoms with van der Waals surface area (Å²) in [7, 11) is 1.67. The number of methoxy groups -OCH3 is 1. The summed E-state index contributed by atoms with van der Waals surface area (Å²) < 4.78 is 11.0. The van der Waals surface area contributed by atoms with Gasteiger partial charge in [-0.15, -0.1) is 0 Å². The molecule has 0 unspecified atom stereocenters. The Hall–Kier alpha value is -2.46. The van der Waals surface area contributed by atoms with Crippen molar-refractivity contribution in [3.8, 4) is 11.5 Å². The third-order valence-corrected chi connectivity index (χ3v) is 4.20. The van der Waals surface area contributed by atoms with E-state index in [4.69, 9.17) is 9.47 Å². The number of aromatic amines is 1. The Morgan fingerprint density at radius 1 is 1.08 bits per heavy atom. The quantitative estimate of drug-likeness (QED) is 0.626. The fraction of sp³-hybridized carbons (Fsp3) is 0.300. The molecule has 0 bridgehead atoms. The maximum Gasteiger partial charge on any atom is 0.161 e. The Bertz CT molecular complexity index is 795. The van der Waals surface area contributed by atoms with E-state index in [9.17, 15) is 0 Å². The summed E-state index contributed by atoms with van der Waals surface area (Å²) >= 11 is 0. The maximum atomic E-state index is 5.64. The molecular formula is C20H25N2O2+. The van der Waals surface area contributed by atoms with Crippen molar-refractivity contribution < 1.29 is 14.8 Å². The first-order valence-electron chi connectivity index (χ1n) is 8.48. The lowest BCUT2D eigenvalue weighted by Crippen LogP contribution is -2.83. The van der Waals surface area contributed by atoms with Gasteiger partial charge in [0.25, 0.3) is 0 Å². The summed E-state index contributed by atoms with van der Waals surface area (Å²) in [6.45, 7) is 4.62. The lowest BCUT2D eigenvalue weighted by atomic mass is 10.1. The highest BCUT2D eigenvalue weighted by molar-refractivity contribution is 5.82. The molecule has 0 spiro atoms. The van der Waals surface area contributed by atoms with E-state index in [0.29, 0.717) is 6.61 Å². The van der Waals surface area contributed by atoms with Crippen molar-refractivity contribution in [3.05, 3.63) is 59.8 Å². The number of nitrogens with two attached hydrogens (primary N) is 1. The fourth-order valence-electron chi connectivity index (χ4n) is 2.98.